The van der Waals surface area contributed by atoms with Crippen LogP contribution in [0.2, 0.25) is 0 Å². The van der Waals surface area contributed by atoms with E-state index >= 15 is 0 Å². The monoisotopic (exact) mass is 420 g/mol. The van der Waals surface area contributed by atoms with Crippen LogP contribution in [-0.4, -0.2) is 39.0 Å². The summed E-state index contributed by atoms with van der Waals surface area (Å²) in [5.41, 5.74) is 3.26. The van der Waals surface area contributed by atoms with Gasteiger partial charge >= 0.3 is 5.69 Å². The highest BCUT2D eigenvalue weighted by atomic mass is 79.9. The summed E-state index contributed by atoms with van der Waals surface area (Å²) in [6.45, 7) is 0.753. The molecular formula is C16H17BrN6O3. The Kier molecular flexibility index (Phi) is 5.33. The number of hydrogen-bond acceptors (Lipinski definition) is 6. The van der Waals surface area contributed by atoms with Gasteiger partial charge in [0.1, 0.15) is 0 Å². The molecule has 2 aromatic heterocycles. The number of methoxy groups -OCH3 is 1. The van der Waals surface area contributed by atoms with E-state index in [1.165, 1.54) is 4.57 Å². The van der Waals surface area contributed by atoms with Crippen molar-refractivity contribution in [2.24, 2.45) is 12.1 Å². The number of hydrogen-bond donors (Lipinski definition) is 2. The molecule has 0 bridgehead atoms. The minimum absolute atomic E-state index is 0.274. The van der Waals surface area contributed by atoms with Crippen LogP contribution in [0.15, 0.2) is 43.4 Å². The van der Waals surface area contributed by atoms with Gasteiger partial charge in [0.2, 0.25) is 5.95 Å². The standard InChI is InChI=1S/C16H17BrN6O3/c1-22-13-12(14(24)20-16(22)25)23(7-8-26-2)15(19-13)21-18-9-10-3-5-11(17)6-4-10/h3-6,9H,7-8H2,1-2H3,(H,19,21)(H,20,24,25). The maximum atomic E-state index is 12.2. The van der Waals surface area contributed by atoms with Crippen molar-refractivity contribution in [3.05, 3.63) is 55.1 Å². The van der Waals surface area contributed by atoms with Crippen LogP contribution in [0, 0.1) is 0 Å². The summed E-state index contributed by atoms with van der Waals surface area (Å²) in [6, 6.07) is 7.62. The fourth-order valence-corrected chi connectivity index (χ4v) is 2.70. The van der Waals surface area contributed by atoms with Crippen molar-refractivity contribution in [1.82, 2.24) is 19.1 Å². The molecule has 0 aliphatic heterocycles. The van der Waals surface area contributed by atoms with E-state index in [2.05, 4.69) is 36.4 Å². The average molecular weight is 421 g/mol. The molecule has 10 heteroatoms. The molecule has 0 atom stereocenters. The molecule has 0 spiro atoms. The lowest BCUT2D eigenvalue weighted by Crippen LogP contribution is -2.29. The molecule has 0 saturated carbocycles. The van der Waals surface area contributed by atoms with Crippen molar-refractivity contribution in [2.45, 2.75) is 6.54 Å². The second kappa shape index (κ2) is 7.67. The lowest BCUT2D eigenvalue weighted by atomic mass is 10.2. The maximum Gasteiger partial charge on any atom is 0.329 e. The minimum atomic E-state index is -0.524. The second-order valence-electron chi connectivity index (χ2n) is 5.49. The van der Waals surface area contributed by atoms with E-state index in [4.69, 9.17) is 4.74 Å². The van der Waals surface area contributed by atoms with E-state index in [9.17, 15) is 9.59 Å². The Bertz CT molecular complexity index is 1060. The highest BCUT2D eigenvalue weighted by Crippen LogP contribution is 2.15. The van der Waals surface area contributed by atoms with Crippen molar-refractivity contribution in [3.63, 3.8) is 0 Å². The number of aromatic amines is 1. The van der Waals surface area contributed by atoms with Gasteiger partial charge in [-0.2, -0.15) is 10.1 Å². The Balaban J connectivity index is 1.99. The molecule has 0 aliphatic rings. The minimum Gasteiger partial charge on any atom is -0.383 e. The lowest BCUT2D eigenvalue weighted by molar-refractivity contribution is 0.188. The van der Waals surface area contributed by atoms with Gasteiger partial charge in [0, 0.05) is 25.2 Å². The number of halogens is 1. The third-order valence-corrected chi connectivity index (χ3v) is 4.30. The van der Waals surface area contributed by atoms with Gasteiger partial charge in [0.25, 0.3) is 5.56 Å². The van der Waals surface area contributed by atoms with Crippen LogP contribution in [0.3, 0.4) is 0 Å². The Morgan fingerprint density at radius 1 is 1.35 bits per heavy atom. The van der Waals surface area contributed by atoms with Crippen LogP contribution in [0.4, 0.5) is 5.95 Å². The van der Waals surface area contributed by atoms with Gasteiger partial charge in [-0.15, -0.1) is 0 Å². The summed E-state index contributed by atoms with van der Waals surface area (Å²) >= 11 is 3.38. The number of nitrogens with zero attached hydrogens (tertiary/aromatic N) is 4. The molecular weight excluding hydrogens is 404 g/mol. The number of aromatic nitrogens is 4. The SMILES string of the molecule is COCCn1c(NN=Cc2ccc(Br)cc2)nc2c1c(=O)[nH]c(=O)n2C. The van der Waals surface area contributed by atoms with E-state index in [0.29, 0.717) is 19.1 Å². The van der Waals surface area contributed by atoms with Crippen LogP contribution < -0.4 is 16.7 Å². The molecule has 0 aliphatic carbocycles. The molecule has 1 aromatic carbocycles. The van der Waals surface area contributed by atoms with E-state index < -0.39 is 11.2 Å². The van der Waals surface area contributed by atoms with Crippen LogP contribution >= 0.6 is 15.9 Å². The number of fused-ring (bicyclic) bond motifs is 1. The first-order valence-electron chi connectivity index (χ1n) is 7.74. The topological polar surface area (TPSA) is 106 Å². The Morgan fingerprint density at radius 2 is 2.08 bits per heavy atom. The number of nitrogens with one attached hydrogen (secondary N) is 2. The zero-order valence-electron chi connectivity index (χ0n) is 14.2. The summed E-state index contributed by atoms with van der Waals surface area (Å²) in [6.07, 6.45) is 1.63. The molecule has 136 valence electrons. The van der Waals surface area contributed by atoms with Crippen molar-refractivity contribution in [1.29, 1.82) is 0 Å². The van der Waals surface area contributed by atoms with Gasteiger partial charge < -0.3 is 9.30 Å². The molecule has 0 radical (unpaired) electrons. The first-order chi connectivity index (χ1) is 12.5. The fraction of sp³-hybridized carbons (Fsp3) is 0.250. The van der Waals surface area contributed by atoms with E-state index in [-0.39, 0.29) is 11.2 Å². The number of ether oxygens (including phenoxy) is 1. The molecule has 0 unspecified atom stereocenters. The zero-order valence-corrected chi connectivity index (χ0v) is 15.8. The third-order valence-electron chi connectivity index (χ3n) is 3.77. The predicted molar refractivity (Wildman–Crippen MR) is 103 cm³/mol. The fourth-order valence-electron chi connectivity index (χ4n) is 2.43. The van der Waals surface area contributed by atoms with Crippen molar-refractivity contribution < 1.29 is 4.74 Å². The predicted octanol–water partition coefficient (Wildman–Crippen LogP) is 1.28. The highest BCUT2D eigenvalue weighted by molar-refractivity contribution is 9.10. The van der Waals surface area contributed by atoms with E-state index in [1.807, 2.05) is 24.3 Å². The molecule has 0 amide bonds. The quantitative estimate of drug-likeness (QED) is 0.461. The summed E-state index contributed by atoms with van der Waals surface area (Å²) in [4.78, 5) is 30.7. The largest absolute Gasteiger partial charge is 0.383 e. The number of rotatable bonds is 6. The molecule has 3 aromatic rings. The number of aryl methyl sites for hydroxylation is 1. The van der Waals surface area contributed by atoms with Crippen molar-refractivity contribution >= 4 is 39.3 Å². The number of anilines is 1. The smallest absolute Gasteiger partial charge is 0.329 e. The average Bonchev–Trinajstić information content (AvgIpc) is 2.99. The number of hydrazone groups is 1. The van der Waals surface area contributed by atoms with Gasteiger partial charge in [-0.3, -0.25) is 14.3 Å². The molecule has 9 nitrogen and oxygen atoms in total. The Hall–Kier alpha value is -2.72. The van der Waals surface area contributed by atoms with Gasteiger partial charge in [-0.25, -0.2) is 10.2 Å². The first kappa shape index (κ1) is 18.1. The van der Waals surface area contributed by atoms with Crippen molar-refractivity contribution in [3.8, 4) is 0 Å². The number of H-pyrrole nitrogens is 1. The molecule has 2 N–H and O–H groups in total. The summed E-state index contributed by atoms with van der Waals surface area (Å²) in [7, 11) is 3.11. The molecule has 3 rings (SSSR count). The lowest BCUT2D eigenvalue weighted by Gasteiger charge is -2.07. The second-order valence-corrected chi connectivity index (χ2v) is 6.41. The zero-order chi connectivity index (χ0) is 18.7. The number of imidazole rings is 1. The van der Waals surface area contributed by atoms with Crippen LogP contribution in [-0.2, 0) is 18.3 Å². The summed E-state index contributed by atoms with van der Waals surface area (Å²) < 4.78 is 8.99. The van der Waals surface area contributed by atoms with Crippen LogP contribution in [0.1, 0.15) is 5.56 Å². The molecule has 0 saturated heterocycles. The molecule has 0 fully saturated rings. The van der Waals surface area contributed by atoms with Gasteiger partial charge in [-0.1, -0.05) is 28.1 Å². The van der Waals surface area contributed by atoms with Crippen LogP contribution in [0.5, 0.6) is 0 Å². The van der Waals surface area contributed by atoms with Gasteiger partial charge in [-0.05, 0) is 17.7 Å². The third kappa shape index (κ3) is 3.60. The summed E-state index contributed by atoms with van der Waals surface area (Å²) in [5.74, 6) is 0.345. The van der Waals surface area contributed by atoms with E-state index in [0.717, 1.165) is 10.0 Å². The van der Waals surface area contributed by atoms with E-state index in [1.54, 1.807) is 24.9 Å². The van der Waals surface area contributed by atoms with Gasteiger partial charge in [0.05, 0.1) is 12.8 Å². The summed E-state index contributed by atoms with van der Waals surface area (Å²) in [5, 5.41) is 4.17. The molecule has 2 heterocycles. The highest BCUT2D eigenvalue weighted by Gasteiger charge is 2.16. The Labute approximate surface area is 156 Å². The first-order valence-corrected chi connectivity index (χ1v) is 8.53. The maximum absolute atomic E-state index is 12.2. The normalized spacial score (nSPS) is 11.5. The van der Waals surface area contributed by atoms with Crippen molar-refractivity contribution in [2.75, 3.05) is 19.1 Å². The Morgan fingerprint density at radius 3 is 2.77 bits per heavy atom. The van der Waals surface area contributed by atoms with Gasteiger partial charge in [0.15, 0.2) is 11.2 Å². The molecule has 26 heavy (non-hydrogen) atoms. The van der Waals surface area contributed by atoms with Crippen LogP contribution in [0.25, 0.3) is 11.2 Å². The number of benzene rings is 1.